The Morgan fingerprint density at radius 1 is 1.04 bits per heavy atom. The summed E-state index contributed by atoms with van der Waals surface area (Å²) >= 11 is 0. The van der Waals surface area contributed by atoms with E-state index in [2.05, 4.69) is 10.2 Å². The van der Waals surface area contributed by atoms with Gasteiger partial charge in [0.1, 0.15) is 5.56 Å². The minimum atomic E-state index is -0.677. The number of nitrogens with zero attached hydrogens (tertiary/aromatic N) is 4. The lowest BCUT2D eigenvalue weighted by Crippen LogP contribution is -2.23. The summed E-state index contributed by atoms with van der Waals surface area (Å²) in [5.41, 5.74) is 2.07. The first-order valence-electron chi connectivity index (χ1n) is 9.40. The lowest BCUT2D eigenvalue weighted by Gasteiger charge is -2.14. The number of benzene rings is 1. The average molecular weight is 384 g/mol. The maximum absolute atomic E-state index is 12.6. The highest BCUT2D eigenvalue weighted by Gasteiger charge is 2.31. The molecule has 0 aliphatic rings. The van der Waals surface area contributed by atoms with Gasteiger partial charge in [0.2, 0.25) is 0 Å². The van der Waals surface area contributed by atoms with Gasteiger partial charge >= 0.3 is 11.9 Å². The predicted octanol–water partition coefficient (Wildman–Crippen LogP) is 3.20. The molecular formula is C20H24N4O4. The van der Waals surface area contributed by atoms with Crippen LogP contribution in [0.5, 0.6) is 0 Å². The molecule has 2 aromatic heterocycles. The minimum Gasteiger partial charge on any atom is -0.464 e. The molecule has 0 bridgehead atoms. The summed E-state index contributed by atoms with van der Waals surface area (Å²) in [7, 11) is 0. The maximum atomic E-state index is 12.6. The number of hydrogen-bond donors (Lipinski definition) is 0. The van der Waals surface area contributed by atoms with E-state index < -0.39 is 18.0 Å². The van der Waals surface area contributed by atoms with Gasteiger partial charge in [-0.2, -0.15) is 9.61 Å². The van der Waals surface area contributed by atoms with Crippen LogP contribution in [0, 0.1) is 6.92 Å². The quantitative estimate of drug-likeness (QED) is 0.581. The Morgan fingerprint density at radius 3 is 2.32 bits per heavy atom. The van der Waals surface area contributed by atoms with Crippen molar-refractivity contribution in [1.29, 1.82) is 0 Å². The highest BCUT2D eigenvalue weighted by Crippen LogP contribution is 2.28. The van der Waals surface area contributed by atoms with Gasteiger partial charge in [-0.05, 0) is 27.2 Å². The summed E-state index contributed by atoms with van der Waals surface area (Å²) in [6, 6.07) is 8.82. The molecule has 8 heteroatoms. The number of aryl methyl sites for hydroxylation is 1. The predicted molar refractivity (Wildman–Crippen MR) is 103 cm³/mol. The van der Waals surface area contributed by atoms with E-state index in [1.54, 1.807) is 25.3 Å². The Bertz CT molecular complexity index is 991. The molecule has 0 fully saturated rings. The fourth-order valence-electron chi connectivity index (χ4n) is 3.17. The first-order chi connectivity index (χ1) is 13.5. The highest BCUT2D eigenvalue weighted by atomic mass is 16.5. The van der Waals surface area contributed by atoms with Crippen molar-refractivity contribution in [2.45, 2.75) is 40.2 Å². The van der Waals surface area contributed by atoms with E-state index in [4.69, 9.17) is 9.47 Å². The van der Waals surface area contributed by atoms with Crippen LogP contribution in [0.2, 0.25) is 0 Å². The van der Waals surface area contributed by atoms with Crippen LogP contribution in [-0.2, 0) is 14.3 Å². The number of fused-ring (bicyclic) bond motifs is 1. The number of hydrogen-bond acceptors (Lipinski definition) is 6. The van der Waals surface area contributed by atoms with E-state index in [1.165, 1.54) is 4.68 Å². The number of esters is 2. The summed E-state index contributed by atoms with van der Waals surface area (Å²) < 4.78 is 13.6. The molecule has 0 amide bonds. The standard InChI is InChI=1S/C20H24N4O4/c1-5-15(19(25)27-6-2)23-18-16(20(26)28-7-3)13(4)21-24(18)17(22-23)14-11-9-8-10-12-14/h8-12,15H,5-7H2,1-4H3. The van der Waals surface area contributed by atoms with Crippen LogP contribution >= 0.6 is 0 Å². The molecular weight excluding hydrogens is 360 g/mol. The Labute approximate surface area is 163 Å². The van der Waals surface area contributed by atoms with Gasteiger partial charge in [0.05, 0.1) is 18.9 Å². The van der Waals surface area contributed by atoms with Crippen molar-refractivity contribution < 1.29 is 19.1 Å². The fraction of sp³-hybridized carbons (Fsp3) is 0.400. The number of carbonyl (C=O) groups excluding carboxylic acids is 2. The lowest BCUT2D eigenvalue weighted by molar-refractivity contribution is -0.147. The van der Waals surface area contributed by atoms with Crippen LogP contribution < -0.4 is 0 Å². The Morgan fingerprint density at radius 2 is 1.71 bits per heavy atom. The molecule has 28 heavy (non-hydrogen) atoms. The van der Waals surface area contributed by atoms with Crippen LogP contribution in [0.25, 0.3) is 17.0 Å². The molecule has 3 aromatic rings. The third kappa shape index (κ3) is 3.37. The first-order valence-corrected chi connectivity index (χ1v) is 9.40. The number of ether oxygens (including phenoxy) is 2. The molecule has 0 N–H and O–H groups in total. The van der Waals surface area contributed by atoms with Gasteiger partial charge < -0.3 is 9.47 Å². The number of carbonyl (C=O) groups is 2. The van der Waals surface area contributed by atoms with Crippen LogP contribution in [0.3, 0.4) is 0 Å². The Balaban J connectivity index is 2.29. The second-order valence-corrected chi connectivity index (χ2v) is 6.23. The SMILES string of the molecule is CCOC(=O)c1c(C)nn2c(-c3ccccc3)nn(C(CC)C(=O)OCC)c12. The van der Waals surface area contributed by atoms with Crippen LogP contribution in [0.1, 0.15) is 49.3 Å². The molecule has 2 heterocycles. The normalized spacial score (nSPS) is 12.1. The summed E-state index contributed by atoms with van der Waals surface area (Å²) in [5, 5.41) is 9.16. The fourth-order valence-corrected chi connectivity index (χ4v) is 3.17. The highest BCUT2D eigenvalue weighted by molar-refractivity contribution is 5.98. The third-order valence-corrected chi connectivity index (χ3v) is 4.41. The van der Waals surface area contributed by atoms with E-state index in [0.29, 0.717) is 29.1 Å². The van der Waals surface area contributed by atoms with Crippen molar-refractivity contribution >= 4 is 17.6 Å². The van der Waals surface area contributed by atoms with Crippen molar-refractivity contribution in [1.82, 2.24) is 19.4 Å². The van der Waals surface area contributed by atoms with Gasteiger partial charge in [0.15, 0.2) is 17.5 Å². The van der Waals surface area contributed by atoms with Crippen molar-refractivity contribution in [3.05, 3.63) is 41.6 Å². The molecule has 1 aromatic carbocycles. The molecule has 0 radical (unpaired) electrons. The van der Waals surface area contributed by atoms with E-state index in [-0.39, 0.29) is 13.2 Å². The zero-order valence-corrected chi connectivity index (χ0v) is 16.5. The zero-order valence-electron chi connectivity index (χ0n) is 16.5. The molecule has 0 aliphatic carbocycles. The summed E-state index contributed by atoms with van der Waals surface area (Å²) in [6.45, 7) is 7.62. The zero-order chi connectivity index (χ0) is 20.3. The van der Waals surface area contributed by atoms with Crippen molar-refractivity contribution in [3.8, 4) is 11.4 Å². The van der Waals surface area contributed by atoms with Gasteiger partial charge in [-0.1, -0.05) is 37.3 Å². The summed E-state index contributed by atoms with van der Waals surface area (Å²) in [6.07, 6.45) is 0.455. The van der Waals surface area contributed by atoms with E-state index in [1.807, 2.05) is 37.3 Å². The van der Waals surface area contributed by atoms with Gasteiger partial charge in [0, 0.05) is 5.56 Å². The van der Waals surface area contributed by atoms with Gasteiger partial charge in [-0.25, -0.2) is 14.3 Å². The van der Waals surface area contributed by atoms with Crippen LogP contribution in [-0.4, -0.2) is 44.5 Å². The molecule has 1 unspecified atom stereocenters. The van der Waals surface area contributed by atoms with Crippen LogP contribution in [0.15, 0.2) is 30.3 Å². The smallest absolute Gasteiger partial charge is 0.343 e. The van der Waals surface area contributed by atoms with E-state index in [0.717, 1.165) is 5.56 Å². The van der Waals surface area contributed by atoms with Crippen molar-refractivity contribution in [3.63, 3.8) is 0 Å². The van der Waals surface area contributed by atoms with Crippen molar-refractivity contribution in [2.75, 3.05) is 13.2 Å². The second kappa shape index (κ2) is 8.24. The monoisotopic (exact) mass is 384 g/mol. The lowest BCUT2D eigenvalue weighted by atomic mass is 10.2. The molecule has 3 rings (SSSR count). The maximum Gasteiger partial charge on any atom is 0.343 e. The minimum absolute atomic E-state index is 0.240. The molecule has 0 saturated carbocycles. The molecule has 0 saturated heterocycles. The van der Waals surface area contributed by atoms with Gasteiger partial charge in [0.25, 0.3) is 0 Å². The number of aromatic nitrogens is 4. The van der Waals surface area contributed by atoms with Crippen LogP contribution in [0.4, 0.5) is 0 Å². The largest absolute Gasteiger partial charge is 0.464 e. The molecule has 8 nitrogen and oxygen atoms in total. The Hall–Kier alpha value is -3.16. The van der Waals surface area contributed by atoms with Gasteiger partial charge in [-0.3, -0.25) is 0 Å². The van der Waals surface area contributed by atoms with Gasteiger partial charge in [-0.15, -0.1) is 5.10 Å². The second-order valence-electron chi connectivity index (χ2n) is 6.23. The topological polar surface area (TPSA) is 87.7 Å². The Kier molecular flexibility index (Phi) is 5.77. The molecule has 148 valence electrons. The average Bonchev–Trinajstić information content (AvgIpc) is 3.20. The van der Waals surface area contributed by atoms with Crippen molar-refractivity contribution in [2.24, 2.45) is 0 Å². The van der Waals surface area contributed by atoms with E-state index >= 15 is 0 Å². The van der Waals surface area contributed by atoms with E-state index in [9.17, 15) is 9.59 Å². The molecule has 1 atom stereocenters. The third-order valence-electron chi connectivity index (χ3n) is 4.41. The molecule has 0 spiro atoms. The summed E-state index contributed by atoms with van der Waals surface area (Å²) in [4.78, 5) is 25.2. The number of rotatable bonds is 7. The molecule has 0 aliphatic heterocycles. The first kappa shape index (κ1) is 19.6. The summed E-state index contributed by atoms with van der Waals surface area (Å²) in [5.74, 6) is -0.352.